The van der Waals surface area contributed by atoms with Crippen molar-refractivity contribution in [3.05, 3.63) is 42.4 Å². The highest BCUT2D eigenvalue weighted by atomic mass is 15.1. The van der Waals surface area contributed by atoms with Crippen molar-refractivity contribution in [1.29, 1.82) is 0 Å². The van der Waals surface area contributed by atoms with Crippen molar-refractivity contribution >= 4 is 10.9 Å². The average molecular weight is 254 g/mol. The van der Waals surface area contributed by atoms with E-state index < -0.39 is 0 Å². The van der Waals surface area contributed by atoms with E-state index in [1.54, 1.807) is 0 Å². The Morgan fingerprint density at radius 3 is 2.89 bits per heavy atom. The lowest BCUT2D eigenvalue weighted by Crippen LogP contribution is -2.14. The molecule has 0 saturated carbocycles. The fourth-order valence-electron chi connectivity index (χ4n) is 2.37. The van der Waals surface area contributed by atoms with Gasteiger partial charge in [-0.25, -0.2) is 4.98 Å². The Bertz CT molecular complexity index is 708. The molecule has 3 N–H and O–H groups in total. The standard InChI is InChI=1S/C15H18N4/c1-10(7-16)19-8-14(17-9-19)15-11(2)12-5-3-4-6-13(12)18-15/h3-6,8-10,18H,7,16H2,1-2H3. The zero-order valence-corrected chi connectivity index (χ0v) is 11.2. The summed E-state index contributed by atoms with van der Waals surface area (Å²) in [6.07, 6.45) is 3.90. The summed E-state index contributed by atoms with van der Waals surface area (Å²) in [4.78, 5) is 7.93. The second kappa shape index (κ2) is 4.55. The first-order valence-electron chi connectivity index (χ1n) is 6.52. The maximum absolute atomic E-state index is 5.69. The third-order valence-electron chi connectivity index (χ3n) is 3.67. The van der Waals surface area contributed by atoms with E-state index >= 15 is 0 Å². The van der Waals surface area contributed by atoms with Crippen LogP contribution in [0, 0.1) is 6.92 Å². The molecule has 0 aliphatic rings. The van der Waals surface area contributed by atoms with Crippen molar-refractivity contribution < 1.29 is 0 Å². The molecule has 0 fully saturated rings. The summed E-state index contributed by atoms with van der Waals surface area (Å²) in [7, 11) is 0. The zero-order valence-electron chi connectivity index (χ0n) is 11.2. The van der Waals surface area contributed by atoms with Gasteiger partial charge in [-0.3, -0.25) is 0 Å². The molecule has 1 aromatic carbocycles. The summed E-state index contributed by atoms with van der Waals surface area (Å²) >= 11 is 0. The monoisotopic (exact) mass is 254 g/mol. The molecule has 3 aromatic rings. The molecule has 4 heteroatoms. The van der Waals surface area contributed by atoms with Gasteiger partial charge in [0.2, 0.25) is 0 Å². The van der Waals surface area contributed by atoms with Gasteiger partial charge >= 0.3 is 0 Å². The topological polar surface area (TPSA) is 59.6 Å². The van der Waals surface area contributed by atoms with E-state index in [-0.39, 0.29) is 6.04 Å². The molecule has 1 atom stereocenters. The third-order valence-corrected chi connectivity index (χ3v) is 3.67. The molecule has 2 aromatic heterocycles. The van der Waals surface area contributed by atoms with Crippen LogP contribution in [0.2, 0.25) is 0 Å². The van der Waals surface area contributed by atoms with E-state index in [1.165, 1.54) is 10.9 Å². The molecule has 0 bridgehead atoms. The zero-order chi connectivity index (χ0) is 13.4. The summed E-state index contributed by atoms with van der Waals surface area (Å²) in [5.41, 5.74) is 10.1. The second-order valence-corrected chi connectivity index (χ2v) is 4.96. The summed E-state index contributed by atoms with van der Waals surface area (Å²) in [6.45, 7) is 4.82. The predicted octanol–water partition coefficient (Wildman–Crippen LogP) is 2.86. The van der Waals surface area contributed by atoms with Crippen molar-refractivity contribution in [3.8, 4) is 11.4 Å². The first kappa shape index (κ1) is 12.0. The number of hydrogen-bond donors (Lipinski definition) is 2. The lowest BCUT2D eigenvalue weighted by molar-refractivity contribution is 0.558. The van der Waals surface area contributed by atoms with Crippen LogP contribution in [-0.2, 0) is 0 Å². The summed E-state index contributed by atoms with van der Waals surface area (Å²) < 4.78 is 2.06. The number of H-pyrrole nitrogens is 1. The van der Waals surface area contributed by atoms with E-state index in [4.69, 9.17) is 5.73 Å². The van der Waals surface area contributed by atoms with Gasteiger partial charge in [0.05, 0.1) is 12.0 Å². The largest absolute Gasteiger partial charge is 0.353 e. The number of nitrogens with zero attached hydrogens (tertiary/aromatic N) is 2. The number of aromatic nitrogens is 3. The molecule has 98 valence electrons. The van der Waals surface area contributed by atoms with E-state index in [9.17, 15) is 0 Å². The van der Waals surface area contributed by atoms with Crippen LogP contribution in [0.15, 0.2) is 36.8 Å². The molecule has 3 rings (SSSR count). The van der Waals surface area contributed by atoms with Gasteiger partial charge in [0.25, 0.3) is 0 Å². The van der Waals surface area contributed by atoms with Crippen LogP contribution in [0.4, 0.5) is 0 Å². The summed E-state index contributed by atoms with van der Waals surface area (Å²) in [5.74, 6) is 0. The SMILES string of the molecule is Cc1c(-c2cn(C(C)CN)cn2)[nH]c2ccccc12. The fourth-order valence-corrected chi connectivity index (χ4v) is 2.37. The van der Waals surface area contributed by atoms with Crippen LogP contribution in [0.25, 0.3) is 22.3 Å². The first-order chi connectivity index (χ1) is 9.20. The van der Waals surface area contributed by atoms with Crippen molar-refractivity contribution in [3.63, 3.8) is 0 Å². The highest BCUT2D eigenvalue weighted by molar-refractivity contribution is 5.89. The van der Waals surface area contributed by atoms with Crippen LogP contribution in [0.3, 0.4) is 0 Å². The Labute approximate surface area is 112 Å². The summed E-state index contributed by atoms with van der Waals surface area (Å²) in [6, 6.07) is 8.58. The van der Waals surface area contributed by atoms with Gasteiger partial charge in [-0.05, 0) is 25.5 Å². The molecular weight excluding hydrogens is 236 g/mol. The molecule has 0 aliphatic heterocycles. The van der Waals surface area contributed by atoms with E-state index in [1.807, 2.05) is 12.4 Å². The van der Waals surface area contributed by atoms with Crippen molar-refractivity contribution in [2.24, 2.45) is 5.73 Å². The Morgan fingerprint density at radius 1 is 1.37 bits per heavy atom. The maximum atomic E-state index is 5.69. The molecule has 0 aliphatic carbocycles. The Kier molecular flexibility index (Phi) is 2.87. The molecule has 19 heavy (non-hydrogen) atoms. The van der Waals surface area contributed by atoms with E-state index in [0.29, 0.717) is 6.54 Å². The van der Waals surface area contributed by atoms with Gasteiger partial charge < -0.3 is 15.3 Å². The molecule has 1 unspecified atom stereocenters. The van der Waals surface area contributed by atoms with Gasteiger partial charge in [-0.15, -0.1) is 0 Å². The van der Waals surface area contributed by atoms with Gasteiger partial charge in [-0.2, -0.15) is 0 Å². The lowest BCUT2D eigenvalue weighted by atomic mass is 10.1. The fraction of sp³-hybridized carbons (Fsp3) is 0.267. The highest BCUT2D eigenvalue weighted by Gasteiger charge is 2.12. The molecule has 0 radical (unpaired) electrons. The molecule has 0 saturated heterocycles. The lowest BCUT2D eigenvalue weighted by Gasteiger charge is -2.08. The Balaban J connectivity index is 2.09. The quantitative estimate of drug-likeness (QED) is 0.755. The number of aromatic amines is 1. The number of hydrogen-bond acceptors (Lipinski definition) is 2. The van der Waals surface area contributed by atoms with Crippen LogP contribution in [0.5, 0.6) is 0 Å². The first-order valence-corrected chi connectivity index (χ1v) is 6.52. The third kappa shape index (κ3) is 1.94. The number of fused-ring (bicyclic) bond motifs is 1. The minimum Gasteiger partial charge on any atom is -0.353 e. The van der Waals surface area contributed by atoms with E-state index in [2.05, 4.69) is 52.8 Å². The number of imidazole rings is 1. The number of para-hydroxylation sites is 1. The average Bonchev–Trinajstić information content (AvgIpc) is 3.04. The number of nitrogens with two attached hydrogens (primary N) is 1. The molecular formula is C15H18N4. The predicted molar refractivity (Wildman–Crippen MR) is 78.0 cm³/mol. The van der Waals surface area contributed by atoms with E-state index in [0.717, 1.165) is 16.9 Å². The van der Waals surface area contributed by atoms with Gasteiger partial charge in [0, 0.05) is 29.7 Å². The van der Waals surface area contributed by atoms with Gasteiger partial charge in [-0.1, -0.05) is 18.2 Å². The molecule has 4 nitrogen and oxygen atoms in total. The van der Waals surface area contributed by atoms with Crippen molar-refractivity contribution in [1.82, 2.24) is 14.5 Å². The second-order valence-electron chi connectivity index (χ2n) is 4.96. The smallest absolute Gasteiger partial charge is 0.105 e. The molecule has 0 spiro atoms. The molecule has 0 amide bonds. The number of aryl methyl sites for hydroxylation is 1. The molecule has 2 heterocycles. The Morgan fingerprint density at radius 2 is 2.16 bits per heavy atom. The number of rotatable bonds is 3. The maximum Gasteiger partial charge on any atom is 0.105 e. The highest BCUT2D eigenvalue weighted by Crippen LogP contribution is 2.28. The van der Waals surface area contributed by atoms with Crippen molar-refractivity contribution in [2.45, 2.75) is 19.9 Å². The number of benzene rings is 1. The summed E-state index contributed by atoms with van der Waals surface area (Å²) in [5, 5.41) is 1.25. The van der Waals surface area contributed by atoms with Gasteiger partial charge in [0.1, 0.15) is 5.69 Å². The van der Waals surface area contributed by atoms with Crippen LogP contribution in [-0.4, -0.2) is 21.1 Å². The van der Waals surface area contributed by atoms with Crippen LogP contribution < -0.4 is 5.73 Å². The Hall–Kier alpha value is -2.07. The normalized spacial score (nSPS) is 13.0. The minimum atomic E-state index is 0.269. The van der Waals surface area contributed by atoms with Crippen LogP contribution in [0.1, 0.15) is 18.5 Å². The van der Waals surface area contributed by atoms with Gasteiger partial charge in [0.15, 0.2) is 0 Å². The van der Waals surface area contributed by atoms with Crippen molar-refractivity contribution in [2.75, 3.05) is 6.54 Å². The minimum absolute atomic E-state index is 0.269. The van der Waals surface area contributed by atoms with Crippen LogP contribution >= 0.6 is 0 Å². The number of nitrogens with one attached hydrogen (secondary N) is 1.